The Kier molecular flexibility index (Phi) is 1.24. The summed E-state index contributed by atoms with van der Waals surface area (Å²) in [5, 5.41) is 13.0. The molecule has 0 amide bonds. The van der Waals surface area contributed by atoms with Gasteiger partial charge in [0.1, 0.15) is 5.82 Å². The summed E-state index contributed by atoms with van der Waals surface area (Å²) in [4.78, 5) is 0. The van der Waals surface area contributed by atoms with Gasteiger partial charge in [-0.3, -0.25) is 5.01 Å². The van der Waals surface area contributed by atoms with Crippen LogP contribution in [0.5, 0.6) is 0 Å². The van der Waals surface area contributed by atoms with E-state index in [0.29, 0.717) is 31.2 Å². The van der Waals surface area contributed by atoms with E-state index >= 15 is 0 Å². The van der Waals surface area contributed by atoms with E-state index in [2.05, 4.69) is 0 Å². The predicted molar refractivity (Wildman–Crippen MR) is 39.7 cm³/mol. The van der Waals surface area contributed by atoms with Gasteiger partial charge in [0, 0.05) is 6.54 Å². The Morgan fingerprint density at radius 3 is 2.73 bits per heavy atom. The molecule has 0 bridgehead atoms. The Bertz CT molecular complexity index is 215. The van der Waals surface area contributed by atoms with Gasteiger partial charge < -0.3 is 16.6 Å². The van der Waals surface area contributed by atoms with Gasteiger partial charge in [0.25, 0.3) is 0 Å². The second kappa shape index (κ2) is 2.02. The SMILES string of the molecule is NC1=C(N)N2CC(O)CN2C1. The first-order chi connectivity index (χ1) is 5.18. The summed E-state index contributed by atoms with van der Waals surface area (Å²) in [5.41, 5.74) is 12.0. The number of hydrazine groups is 1. The molecule has 2 aliphatic rings. The molecule has 1 unspecified atom stereocenters. The lowest BCUT2D eigenvalue weighted by molar-refractivity contribution is 0.100. The summed E-state index contributed by atoms with van der Waals surface area (Å²) >= 11 is 0. The molecule has 0 radical (unpaired) electrons. The first-order valence-electron chi connectivity index (χ1n) is 3.63. The number of nitrogens with zero attached hydrogens (tertiary/aromatic N) is 2. The Balaban J connectivity index is 2.18. The van der Waals surface area contributed by atoms with E-state index < -0.39 is 0 Å². The molecule has 1 fully saturated rings. The monoisotopic (exact) mass is 156 g/mol. The van der Waals surface area contributed by atoms with E-state index in [9.17, 15) is 5.11 Å². The number of fused-ring (bicyclic) bond motifs is 1. The van der Waals surface area contributed by atoms with Crippen LogP contribution in [0.15, 0.2) is 11.5 Å². The standard InChI is InChI=1S/C6H12N4O/c7-5-3-9-1-4(11)2-10(9)6(5)8/h4,11H,1-3,7-8H2. The Labute approximate surface area is 64.8 Å². The third kappa shape index (κ3) is 0.849. The van der Waals surface area contributed by atoms with Crippen molar-refractivity contribution in [2.75, 3.05) is 19.6 Å². The highest BCUT2D eigenvalue weighted by Crippen LogP contribution is 2.21. The van der Waals surface area contributed by atoms with Gasteiger partial charge in [-0.1, -0.05) is 0 Å². The fourth-order valence-electron chi connectivity index (χ4n) is 1.56. The summed E-state index contributed by atoms with van der Waals surface area (Å²) in [7, 11) is 0. The van der Waals surface area contributed by atoms with Gasteiger partial charge in [-0.25, -0.2) is 5.01 Å². The summed E-state index contributed by atoms with van der Waals surface area (Å²) < 4.78 is 0. The highest BCUT2D eigenvalue weighted by atomic mass is 16.3. The molecule has 0 aromatic heterocycles. The molecule has 1 saturated heterocycles. The normalized spacial score (nSPS) is 31.7. The van der Waals surface area contributed by atoms with E-state index in [0.717, 1.165) is 0 Å². The number of hydrogen-bond donors (Lipinski definition) is 3. The molecule has 0 spiro atoms. The van der Waals surface area contributed by atoms with Crippen molar-refractivity contribution in [2.45, 2.75) is 6.10 Å². The minimum absolute atomic E-state index is 0.290. The summed E-state index contributed by atoms with van der Waals surface area (Å²) in [5.74, 6) is 0.599. The zero-order chi connectivity index (χ0) is 8.01. The van der Waals surface area contributed by atoms with Gasteiger partial charge >= 0.3 is 0 Å². The molecule has 11 heavy (non-hydrogen) atoms. The van der Waals surface area contributed by atoms with Crippen molar-refractivity contribution < 1.29 is 5.11 Å². The fraction of sp³-hybridized carbons (Fsp3) is 0.667. The average Bonchev–Trinajstić information content (AvgIpc) is 2.37. The van der Waals surface area contributed by atoms with Gasteiger partial charge in [0.2, 0.25) is 0 Å². The first kappa shape index (κ1) is 6.75. The number of hydrogen-bond acceptors (Lipinski definition) is 5. The number of aliphatic hydroxyl groups excluding tert-OH is 1. The maximum absolute atomic E-state index is 9.24. The minimum atomic E-state index is -0.290. The summed E-state index contributed by atoms with van der Waals surface area (Å²) in [6.07, 6.45) is -0.290. The Morgan fingerprint density at radius 2 is 2.09 bits per heavy atom. The van der Waals surface area contributed by atoms with E-state index in [1.165, 1.54) is 0 Å². The molecule has 0 saturated carbocycles. The smallest absolute Gasteiger partial charge is 0.134 e. The number of nitrogens with two attached hydrogens (primary N) is 2. The van der Waals surface area contributed by atoms with Gasteiger partial charge in [0.15, 0.2) is 0 Å². The van der Waals surface area contributed by atoms with Gasteiger partial charge in [0.05, 0.1) is 24.9 Å². The molecule has 5 nitrogen and oxygen atoms in total. The van der Waals surface area contributed by atoms with Gasteiger partial charge in [-0.05, 0) is 0 Å². The highest BCUT2D eigenvalue weighted by Gasteiger charge is 2.35. The van der Waals surface area contributed by atoms with Crippen molar-refractivity contribution in [1.82, 2.24) is 10.0 Å². The second-order valence-corrected chi connectivity index (χ2v) is 2.99. The van der Waals surface area contributed by atoms with Crippen molar-refractivity contribution in [3.63, 3.8) is 0 Å². The van der Waals surface area contributed by atoms with E-state index in [1.807, 2.05) is 10.0 Å². The maximum atomic E-state index is 9.24. The first-order valence-corrected chi connectivity index (χ1v) is 3.63. The van der Waals surface area contributed by atoms with E-state index in [-0.39, 0.29) is 6.10 Å². The Morgan fingerprint density at radius 1 is 1.36 bits per heavy atom. The van der Waals surface area contributed by atoms with Crippen molar-refractivity contribution in [1.29, 1.82) is 0 Å². The molecular weight excluding hydrogens is 144 g/mol. The lowest BCUT2D eigenvalue weighted by Crippen LogP contribution is -2.32. The van der Waals surface area contributed by atoms with Crippen molar-refractivity contribution >= 4 is 0 Å². The van der Waals surface area contributed by atoms with Gasteiger partial charge in [-0.2, -0.15) is 0 Å². The Hall–Kier alpha value is -0.940. The molecular formula is C6H12N4O. The molecule has 62 valence electrons. The minimum Gasteiger partial charge on any atom is -0.398 e. The molecule has 1 atom stereocenters. The topological polar surface area (TPSA) is 78.8 Å². The molecule has 2 rings (SSSR count). The average molecular weight is 156 g/mol. The lowest BCUT2D eigenvalue weighted by Gasteiger charge is -2.20. The van der Waals surface area contributed by atoms with E-state index in [4.69, 9.17) is 11.5 Å². The van der Waals surface area contributed by atoms with Crippen LogP contribution >= 0.6 is 0 Å². The predicted octanol–water partition coefficient (Wildman–Crippen LogP) is -2.02. The number of aliphatic hydroxyl groups is 1. The van der Waals surface area contributed by atoms with Crippen molar-refractivity contribution in [3.8, 4) is 0 Å². The zero-order valence-corrected chi connectivity index (χ0v) is 6.20. The molecule has 0 aliphatic carbocycles. The molecule has 5 N–H and O–H groups in total. The maximum Gasteiger partial charge on any atom is 0.134 e. The van der Waals surface area contributed by atoms with Crippen LogP contribution in [0, 0.1) is 0 Å². The van der Waals surface area contributed by atoms with Crippen molar-refractivity contribution in [2.24, 2.45) is 11.5 Å². The van der Waals surface area contributed by atoms with Crippen LogP contribution < -0.4 is 11.5 Å². The van der Waals surface area contributed by atoms with Crippen LogP contribution in [0.25, 0.3) is 0 Å². The molecule has 5 heteroatoms. The van der Waals surface area contributed by atoms with Crippen molar-refractivity contribution in [3.05, 3.63) is 11.5 Å². The summed E-state index contributed by atoms with van der Waals surface area (Å²) in [6.45, 7) is 1.87. The van der Waals surface area contributed by atoms with Gasteiger partial charge in [-0.15, -0.1) is 0 Å². The van der Waals surface area contributed by atoms with Crippen LogP contribution in [0.2, 0.25) is 0 Å². The molecule has 2 heterocycles. The second-order valence-electron chi connectivity index (χ2n) is 2.99. The van der Waals surface area contributed by atoms with Crippen LogP contribution in [0.1, 0.15) is 0 Å². The van der Waals surface area contributed by atoms with Crippen LogP contribution in [0.3, 0.4) is 0 Å². The van der Waals surface area contributed by atoms with E-state index in [1.54, 1.807) is 0 Å². The third-order valence-corrected chi connectivity index (χ3v) is 2.11. The van der Waals surface area contributed by atoms with Crippen LogP contribution in [0.4, 0.5) is 0 Å². The molecule has 0 aromatic rings. The summed E-state index contributed by atoms with van der Waals surface area (Å²) in [6, 6.07) is 0. The van der Waals surface area contributed by atoms with Crippen LogP contribution in [-0.4, -0.2) is 40.9 Å². The largest absolute Gasteiger partial charge is 0.398 e. The molecule has 0 aromatic carbocycles. The lowest BCUT2D eigenvalue weighted by atomic mass is 10.3. The number of rotatable bonds is 0. The quantitative estimate of drug-likeness (QED) is 0.377. The molecule has 2 aliphatic heterocycles. The fourth-order valence-corrected chi connectivity index (χ4v) is 1.56. The highest BCUT2D eigenvalue weighted by molar-refractivity contribution is 5.15. The zero-order valence-electron chi connectivity index (χ0n) is 6.20. The third-order valence-electron chi connectivity index (χ3n) is 2.11. The van der Waals surface area contributed by atoms with Crippen LogP contribution in [-0.2, 0) is 0 Å².